The zero-order chi connectivity index (χ0) is 18.2. The fourth-order valence-corrected chi connectivity index (χ4v) is 3.83. The molecule has 1 nitrogen and oxygen atoms in total. The van der Waals surface area contributed by atoms with Crippen molar-refractivity contribution in [1.82, 2.24) is 0 Å². The largest absolute Gasteiger partial charge is 0.226 e. The molecular weight excluding hydrogens is 333 g/mol. The predicted octanol–water partition coefficient (Wildman–Crippen LogP) is 6.05. The number of pyridine rings is 2. The SMILES string of the molecule is Fc1ccc2c(-c3ccccc3)c(-c3ccccc3)[n+]3ccccc3c2c1. The molecule has 0 spiro atoms. The van der Waals surface area contributed by atoms with Gasteiger partial charge in [-0.1, -0.05) is 54.6 Å². The van der Waals surface area contributed by atoms with Crippen LogP contribution in [0.2, 0.25) is 0 Å². The topological polar surface area (TPSA) is 4.10 Å². The summed E-state index contributed by atoms with van der Waals surface area (Å²) in [4.78, 5) is 0. The molecule has 2 aromatic heterocycles. The maximum atomic E-state index is 14.1. The van der Waals surface area contributed by atoms with Crippen molar-refractivity contribution in [2.75, 3.05) is 0 Å². The van der Waals surface area contributed by atoms with Crippen LogP contribution in [0.25, 0.3) is 38.7 Å². The average molecular weight is 350 g/mol. The Hall–Kier alpha value is -3.52. The van der Waals surface area contributed by atoms with Crippen LogP contribution in [0, 0.1) is 5.82 Å². The highest BCUT2D eigenvalue weighted by Gasteiger charge is 2.24. The molecule has 0 unspecified atom stereocenters. The van der Waals surface area contributed by atoms with Crippen LogP contribution in [0.1, 0.15) is 0 Å². The van der Waals surface area contributed by atoms with E-state index >= 15 is 0 Å². The Morgan fingerprint density at radius 3 is 2.00 bits per heavy atom. The molecule has 128 valence electrons. The molecule has 0 amide bonds. The van der Waals surface area contributed by atoms with Gasteiger partial charge in [-0.3, -0.25) is 0 Å². The van der Waals surface area contributed by atoms with E-state index in [0.717, 1.165) is 38.7 Å². The van der Waals surface area contributed by atoms with E-state index < -0.39 is 0 Å². The van der Waals surface area contributed by atoms with Crippen molar-refractivity contribution in [2.24, 2.45) is 0 Å². The summed E-state index contributed by atoms with van der Waals surface area (Å²) in [7, 11) is 0. The van der Waals surface area contributed by atoms with Gasteiger partial charge in [0.05, 0.1) is 10.9 Å². The smallest absolute Gasteiger partial charge is 0.207 e. The van der Waals surface area contributed by atoms with Crippen molar-refractivity contribution in [3.05, 3.63) is 109 Å². The van der Waals surface area contributed by atoms with Gasteiger partial charge in [0.15, 0.2) is 6.20 Å². The van der Waals surface area contributed by atoms with E-state index in [2.05, 4.69) is 34.9 Å². The molecule has 2 heterocycles. The molecule has 0 fully saturated rings. The molecule has 0 saturated carbocycles. The van der Waals surface area contributed by atoms with Gasteiger partial charge in [-0.05, 0) is 35.9 Å². The van der Waals surface area contributed by atoms with Crippen LogP contribution in [-0.2, 0) is 0 Å². The number of hydrogen-bond donors (Lipinski definition) is 0. The molecule has 0 N–H and O–H groups in total. The highest BCUT2D eigenvalue weighted by atomic mass is 19.1. The summed E-state index contributed by atoms with van der Waals surface area (Å²) < 4.78 is 16.3. The molecule has 2 heteroatoms. The van der Waals surface area contributed by atoms with Gasteiger partial charge in [-0.25, -0.2) is 4.39 Å². The second-order valence-electron chi connectivity index (χ2n) is 6.60. The third-order valence-corrected chi connectivity index (χ3v) is 4.97. The fourth-order valence-electron chi connectivity index (χ4n) is 3.83. The van der Waals surface area contributed by atoms with Crippen molar-refractivity contribution < 1.29 is 8.79 Å². The molecule has 0 atom stereocenters. The number of fused-ring (bicyclic) bond motifs is 3. The third-order valence-electron chi connectivity index (χ3n) is 4.97. The Labute approximate surface area is 157 Å². The fraction of sp³-hybridized carbons (Fsp3) is 0. The highest BCUT2D eigenvalue weighted by Crippen LogP contribution is 2.37. The van der Waals surface area contributed by atoms with Crippen LogP contribution < -0.4 is 4.40 Å². The maximum absolute atomic E-state index is 14.1. The van der Waals surface area contributed by atoms with Crippen LogP contribution in [-0.4, -0.2) is 0 Å². The monoisotopic (exact) mass is 350 g/mol. The van der Waals surface area contributed by atoms with E-state index in [1.165, 1.54) is 0 Å². The minimum atomic E-state index is -0.222. The molecular formula is C25H17FN+. The zero-order valence-corrected chi connectivity index (χ0v) is 14.6. The maximum Gasteiger partial charge on any atom is 0.226 e. The number of rotatable bonds is 2. The number of halogens is 1. The van der Waals surface area contributed by atoms with Crippen molar-refractivity contribution in [1.29, 1.82) is 0 Å². The Morgan fingerprint density at radius 1 is 0.593 bits per heavy atom. The van der Waals surface area contributed by atoms with Gasteiger partial charge in [0.1, 0.15) is 5.82 Å². The molecule has 0 saturated heterocycles. The van der Waals surface area contributed by atoms with Crippen LogP contribution in [0.4, 0.5) is 4.39 Å². The van der Waals surface area contributed by atoms with E-state index in [0.29, 0.717) is 0 Å². The van der Waals surface area contributed by atoms with E-state index in [9.17, 15) is 4.39 Å². The number of aromatic nitrogens is 1. The summed E-state index contributed by atoms with van der Waals surface area (Å²) >= 11 is 0. The van der Waals surface area contributed by atoms with Crippen LogP contribution in [0.3, 0.4) is 0 Å². The first-order valence-corrected chi connectivity index (χ1v) is 8.99. The highest BCUT2D eigenvalue weighted by molar-refractivity contribution is 6.07. The summed E-state index contributed by atoms with van der Waals surface area (Å²) in [6, 6.07) is 31.8. The first kappa shape index (κ1) is 15.7. The average Bonchev–Trinajstić information content (AvgIpc) is 2.74. The van der Waals surface area contributed by atoms with Crippen molar-refractivity contribution in [2.45, 2.75) is 0 Å². The summed E-state index contributed by atoms with van der Waals surface area (Å²) in [5.41, 5.74) is 5.46. The summed E-state index contributed by atoms with van der Waals surface area (Å²) in [5.74, 6) is -0.222. The predicted molar refractivity (Wildman–Crippen MR) is 108 cm³/mol. The lowest BCUT2D eigenvalue weighted by molar-refractivity contribution is -0.497. The lowest BCUT2D eigenvalue weighted by Gasteiger charge is -2.12. The van der Waals surface area contributed by atoms with Gasteiger partial charge in [-0.15, -0.1) is 0 Å². The van der Waals surface area contributed by atoms with Crippen LogP contribution >= 0.6 is 0 Å². The number of hydrogen-bond acceptors (Lipinski definition) is 0. The Balaban J connectivity index is 2.06. The van der Waals surface area contributed by atoms with E-state index in [1.807, 2.05) is 60.7 Å². The van der Waals surface area contributed by atoms with Gasteiger partial charge in [0, 0.05) is 23.1 Å². The Morgan fingerprint density at radius 2 is 1.26 bits per heavy atom. The molecule has 5 rings (SSSR count). The van der Waals surface area contributed by atoms with Crippen LogP contribution in [0.5, 0.6) is 0 Å². The second-order valence-corrected chi connectivity index (χ2v) is 6.60. The molecule has 0 aliphatic heterocycles. The van der Waals surface area contributed by atoms with Gasteiger partial charge >= 0.3 is 0 Å². The first-order chi connectivity index (χ1) is 13.3. The van der Waals surface area contributed by atoms with Crippen molar-refractivity contribution in [3.63, 3.8) is 0 Å². The van der Waals surface area contributed by atoms with Gasteiger partial charge in [0.2, 0.25) is 11.2 Å². The van der Waals surface area contributed by atoms with Crippen LogP contribution in [0.15, 0.2) is 103 Å². The summed E-state index contributed by atoms with van der Waals surface area (Å²) in [5, 5.41) is 1.96. The second kappa shape index (κ2) is 6.33. The van der Waals surface area contributed by atoms with E-state index in [1.54, 1.807) is 12.1 Å². The molecule has 0 aliphatic rings. The van der Waals surface area contributed by atoms with E-state index in [-0.39, 0.29) is 5.82 Å². The van der Waals surface area contributed by atoms with E-state index in [4.69, 9.17) is 0 Å². The molecule has 0 radical (unpaired) electrons. The summed E-state index contributed by atoms with van der Waals surface area (Å²) in [6.45, 7) is 0. The Kier molecular flexibility index (Phi) is 3.68. The molecule has 0 aliphatic carbocycles. The van der Waals surface area contributed by atoms with Crippen molar-refractivity contribution >= 4 is 16.3 Å². The molecule has 0 bridgehead atoms. The number of nitrogens with zero attached hydrogens (tertiary/aromatic N) is 1. The Bertz CT molecular complexity index is 1260. The third kappa shape index (κ3) is 2.58. The quantitative estimate of drug-likeness (QED) is 0.269. The lowest BCUT2D eigenvalue weighted by Crippen LogP contribution is -2.26. The van der Waals surface area contributed by atoms with Gasteiger partial charge < -0.3 is 0 Å². The normalized spacial score (nSPS) is 11.1. The molecule has 27 heavy (non-hydrogen) atoms. The zero-order valence-electron chi connectivity index (χ0n) is 14.6. The first-order valence-electron chi connectivity index (χ1n) is 8.99. The minimum Gasteiger partial charge on any atom is -0.207 e. The minimum absolute atomic E-state index is 0.222. The number of benzene rings is 3. The van der Waals surface area contributed by atoms with Gasteiger partial charge in [-0.2, -0.15) is 4.40 Å². The standard InChI is InChI=1S/C25H17FN/c26-20-14-15-21-22(17-20)23-13-7-8-16-27(23)25(19-11-5-2-6-12-19)24(21)18-9-3-1-4-10-18/h1-17H/q+1. The van der Waals surface area contributed by atoms with Gasteiger partial charge in [0.25, 0.3) is 0 Å². The molecule has 5 aromatic rings. The van der Waals surface area contributed by atoms with Crippen molar-refractivity contribution in [3.8, 4) is 22.4 Å². The lowest BCUT2D eigenvalue weighted by atomic mass is 9.93. The summed E-state index contributed by atoms with van der Waals surface area (Å²) in [6.07, 6.45) is 2.05. The molecule has 3 aromatic carbocycles.